The lowest BCUT2D eigenvalue weighted by Crippen LogP contribution is -2.71. The Morgan fingerprint density at radius 1 is 0.320 bits per heavy atom. The minimum Gasteiger partial charge on any atom is -0.388 e. The van der Waals surface area contributed by atoms with E-state index in [0.717, 1.165) is 34.6 Å². The van der Waals surface area contributed by atoms with Crippen LogP contribution in [0.25, 0.3) is 0 Å². The molecule has 8 rings (SSSR count). The molecule has 8 heterocycles. The predicted octanol–water partition coefficient (Wildman–Crippen LogP) is -7.11. The highest BCUT2D eigenvalue weighted by atomic mass is 32.2. The second kappa shape index (κ2) is 45.3. The summed E-state index contributed by atoms with van der Waals surface area (Å²) in [5.41, 5.74) is -1.70. The molecule has 0 aromatic carbocycles. The normalized spacial score (nSPS) is 42.2. The largest absolute Gasteiger partial charge is 0.388 e. The van der Waals surface area contributed by atoms with Crippen molar-refractivity contribution in [2.75, 3.05) is 37.6 Å². The number of nitrogens with one attached hydrogen (secondary N) is 8. The molecule has 20 N–H and O–H groups in total. The third kappa shape index (κ3) is 25.0. The van der Waals surface area contributed by atoms with Gasteiger partial charge in [-0.3, -0.25) is 49.0 Å². The number of carbonyl (C=O) groups is 8. The number of ketones is 2. The molecule has 0 aromatic rings. The molecule has 8 aliphatic rings. The maximum atomic E-state index is 14.7. The maximum Gasteiger partial charge on any atom is 0.253 e. The van der Waals surface area contributed by atoms with Crippen molar-refractivity contribution in [1.82, 2.24) is 42.5 Å². The molecule has 8 fully saturated rings. The minimum atomic E-state index is -2.35. The van der Waals surface area contributed by atoms with Crippen LogP contribution in [-0.2, 0) is 114 Å². The molecular weight excluding hydrogens is 1660 g/mol. The molecule has 0 saturated carbocycles. The van der Waals surface area contributed by atoms with E-state index >= 15 is 0 Å². The molecule has 0 aromatic heterocycles. The highest BCUT2D eigenvalue weighted by Gasteiger charge is 2.62. The Balaban J connectivity index is 1.05. The summed E-state index contributed by atoms with van der Waals surface area (Å²) in [6.07, 6.45) is -62.5. The number of thioether (sulfide) groups is 2. The number of aliphatic hydroxyl groups is 12. The fourth-order valence-electron chi connectivity index (χ4n) is 16.1. The number of hydrogen-bond acceptors (Lipinski definition) is 40. The first-order valence-electron chi connectivity index (χ1n) is 41.0. The summed E-state index contributed by atoms with van der Waals surface area (Å²) < 4.78 is 100. The number of ether oxygens (including phenoxy) is 16. The molecule has 0 bridgehead atoms. The van der Waals surface area contributed by atoms with Crippen molar-refractivity contribution in [3.63, 3.8) is 0 Å². The Morgan fingerprint density at radius 3 is 0.844 bits per heavy atom. The van der Waals surface area contributed by atoms with Crippen molar-refractivity contribution >= 4 is 70.5 Å². The number of rotatable bonds is 35. The van der Waals surface area contributed by atoms with Gasteiger partial charge in [-0.2, -0.15) is 0 Å². The lowest BCUT2D eigenvalue weighted by Gasteiger charge is -2.52. The van der Waals surface area contributed by atoms with Gasteiger partial charge >= 0.3 is 0 Å². The summed E-state index contributed by atoms with van der Waals surface area (Å²) in [6.45, 7) is 23.0. The molecule has 40 atom stereocenters. The van der Waals surface area contributed by atoms with Crippen LogP contribution < -0.4 is 42.5 Å². The summed E-state index contributed by atoms with van der Waals surface area (Å²) in [7, 11) is 0. The van der Waals surface area contributed by atoms with Crippen molar-refractivity contribution in [2.24, 2.45) is 5.41 Å². The molecule has 6 amide bonds. The molecule has 122 heavy (non-hydrogen) atoms. The topological polar surface area (TPSA) is 623 Å². The predicted molar refractivity (Wildman–Crippen MR) is 422 cm³/mol. The SMILES string of the molecule is CCC1OC(OC2C(C(=O)NCNCSC)OC(OC3C(O)C(CC)OC(OC4C(C(C)=O)OC(OC5C(O)C(CC)OC(C(C)(C)C)C5NC(C)=O)C(O)C4O)C3NC(C)=O)C(O)C2O)C(NC(C)=O)C(OC2OC(C(C)=O)C(OC3OC(CC)C(O)C(OC4OC(C(=O)NCNCSC)C(OC(C)(C)C)C(O)C4O)C3NC(C)=O)C(O)C2O)C1O. The summed E-state index contributed by atoms with van der Waals surface area (Å²) >= 11 is 2.76. The third-order valence-corrected chi connectivity index (χ3v) is 23.0. The van der Waals surface area contributed by atoms with Gasteiger partial charge < -0.3 is 169 Å². The Kier molecular flexibility index (Phi) is 38.2. The van der Waals surface area contributed by atoms with Gasteiger partial charge in [-0.1, -0.05) is 48.5 Å². The van der Waals surface area contributed by atoms with Gasteiger partial charge in [0.1, 0.15) is 152 Å². The quantitative estimate of drug-likeness (QED) is 0.0207. The van der Waals surface area contributed by atoms with E-state index in [1.54, 1.807) is 47.8 Å². The Bertz CT molecular complexity index is 3420. The van der Waals surface area contributed by atoms with Crippen molar-refractivity contribution in [1.29, 1.82) is 0 Å². The van der Waals surface area contributed by atoms with Gasteiger partial charge in [0.25, 0.3) is 11.8 Å². The zero-order valence-corrected chi connectivity index (χ0v) is 73.4. The van der Waals surface area contributed by atoms with Gasteiger partial charge in [-0.15, -0.1) is 23.5 Å². The van der Waals surface area contributed by atoms with E-state index in [9.17, 15) is 99.6 Å². The van der Waals surface area contributed by atoms with E-state index < -0.39 is 303 Å². The van der Waals surface area contributed by atoms with Crippen LogP contribution in [0.4, 0.5) is 0 Å². The van der Waals surface area contributed by atoms with Crippen molar-refractivity contribution in [3.05, 3.63) is 0 Å². The van der Waals surface area contributed by atoms with Crippen LogP contribution in [0.2, 0.25) is 0 Å². The van der Waals surface area contributed by atoms with E-state index in [1.807, 2.05) is 27.0 Å². The van der Waals surface area contributed by atoms with E-state index in [2.05, 4.69) is 42.5 Å². The van der Waals surface area contributed by atoms with Gasteiger partial charge in [0.15, 0.2) is 67.8 Å². The molecule has 8 aliphatic heterocycles. The zero-order valence-electron chi connectivity index (χ0n) is 71.7. The number of hydrogen-bond donors (Lipinski definition) is 20. The molecule has 702 valence electrons. The van der Waals surface area contributed by atoms with Crippen molar-refractivity contribution in [2.45, 2.75) is 387 Å². The Labute approximate surface area is 715 Å². The van der Waals surface area contributed by atoms with Gasteiger partial charge in [-0.25, -0.2) is 0 Å². The maximum absolute atomic E-state index is 14.7. The number of Topliss-reactive ketones (excluding diaryl/α,β-unsaturated/α-hetero) is 2. The van der Waals surface area contributed by atoms with E-state index in [1.165, 1.54) is 37.4 Å². The molecule has 40 unspecified atom stereocenters. The van der Waals surface area contributed by atoms with Crippen LogP contribution in [-0.4, -0.2) is 397 Å². The minimum absolute atomic E-state index is 0.0299. The molecule has 46 heteroatoms. The lowest BCUT2D eigenvalue weighted by atomic mass is 9.78. The summed E-state index contributed by atoms with van der Waals surface area (Å²) in [4.78, 5) is 109. The van der Waals surface area contributed by atoms with Gasteiger partial charge in [-0.05, 0) is 78.2 Å². The molecule has 44 nitrogen and oxygen atoms in total. The first-order chi connectivity index (χ1) is 57.3. The molecular formula is C76H130N8O36S2. The van der Waals surface area contributed by atoms with Crippen LogP contribution in [0, 0.1) is 5.41 Å². The highest BCUT2D eigenvalue weighted by Crippen LogP contribution is 2.42. The summed E-state index contributed by atoms with van der Waals surface area (Å²) in [5, 5.41) is 166. The van der Waals surface area contributed by atoms with Crippen LogP contribution in [0.5, 0.6) is 0 Å². The van der Waals surface area contributed by atoms with Gasteiger partial charge in [0.05, 0.1) is 55.5 Å². The average Bonchev–Trinajstić information content (AvgIpc) is 0.779. The highest BCUT2D eigenvalue weighted by molar-refractivity contribution is 7.98. The molecule has 0 spiro atoms. The first-order valence-corrected chi connectivity index (χ1v) is 43.8. The molecule has 0 radical (unpaired) electrons. The fraction of sp³-hybridized carbons (Fsp3) is 0.895. The second-order valence-electron chi connectivity index (χ2n) is 33.6. The van der Waals surface area contributed by atoms with E-state index in [-0.39, 0.29) is 44.9 Å². The van der Waals surface area contributed by atoms with E-state index in [0.29, 0.717) is 5.88 Å². The number of carbonyl (C=O) groups excluding carboxylic acids is 8. The monoisotopic (exact) mass is 1790 g/mol. The molecule has 8 saturated heterocycles. The van der Waals surface area contributed by atoms with Crippen LogP contribution in [0.3, 0.4) is 0 Å². The smallest absolute Gasteiger partial charge is 0.253 e. The Morgan fingerprint density at radius 2 is 0.574 bits per heavy atom. The number of aliphatic hydroxyl groups excluding tert-OH is 12. The van der Waals surface area contributed by atoms with Gasteiger partial charge in [0, 0.05) is 39.4 Å². The Hall–Kier alpha value is -4.34. The van der Waals surface area contributed by atoms with Crippen molar-refractivity contribution < 1.29 is 175 Å². The zero-order chi connectivity index (χ0) is 90.8. The van der Waals surface area contributed by atoms with E-state index in [4.69, 9.17) is 75.8 Å². The average molecular weight is 1800 g/mol. The van der Waals surface area contributed by atoms with Crippen molar-refractivity contribution in [3.8, 4) is 0 Å². The van der Waals surface area contributed by atoms with Gasteiger partial charge in [0.2, 0.25) is 23.6 Å². The lowest BCUT2D eigenvalue weighted by molar-refractivity contribution is -0.377. The second-order valence-corrected chi connectivity index (χ2v) is 35.4. The van der Waals surface area contributed by atoms with Crippen LogP contribution in [0.1, 0.15) is 136 Å². The van der Waals surface area contributed by atoms with Crippen LogP contribution >= 0.6 is 23.5 Å². The summed E-state index contributed by atoms with van der Waals surface area (Å²) in [5.74, 6) is -5.91. The summed E-state index contributed by atoms with van der Waals surface area (Å²) in [6, 6.07) is -6.37. The number of amides is 6. The fourth-order valence-corrected chi connectivity index (χ4v) is 16.7. The standard InChI is InChI=1S/C76H130N8O36S2/c1-19-33-41(91)55(37(81-29(7)87)65(105-33)75(11,12)13)111-71-49(99)45(95)59(53(109-71)27(5)85)115-68-38(82-30(8)88)57(43(93)34(20-2)106-68)113-73-51(101)47(97)61(63(118-73)66(103)79-23-77-25-121-17)117-70-40(84-32(10)90)56(42(92)36(22-4)108-70)112-72-50(100)46(96)60(54(110-72)28(6)86)116-69-39(83-31(9)89)58(44(94)35(21-3)107-69)114-74-52(102)48(98)62(120-76(14,15)16)64(119-74)67(104)80-24-78-26-122-18/h33-65,68-74,77-78,91-102H,19-26H2,1-18H3,(H,79,103)(H,80,104)(H,81,87)(H,82,88)(H,83,89)(H,84,90). The molecule has 0 aliphatic carbocycles. The third-order valence-electron chi connectivity index (χ3n) is 22.0. The first kappa shape index (κ1) is 103. The van der Waals surface area contributed by atoms with Crippen LogP contribution in [0.15, 0.2) is 0 Å².